The van der Waals surface area contributed by atoms with Gasteiger partial charge < -0.3 is 0 Å². The van der Waals surface area contributed by atoms with Crippen LogP contribution in [-0.4, -0.2) is 16.0 Å². The number of hydrogen-bond acceptors (Lipinski definition) is 2. The van der Waals surface area contributed by atoms with Gasteiger partial charge in [-0.15, -0.1) is 0 Å². The van der Waals surface area contributed by atoms with E-state index in [1.165, 1.54) is 27.1 Å². The van der Waals surface area contributed by atoms with Crippen LogP contribution in [0.4, 0.5) is 5.82 Å². The topological polar surface area (TPSA) is 30.2 Å². The molecule has 0 bridgehead atoms. The molecule has 5 aromatic carbocycles. The van der Waals surface area contributed by atoms with Gasteiger partial charge in [-0.1, -0.05) is 96.6 Å². The molecule has 0 N–H and O–H groups in total. The van der Waals surface area contributed by atoms with Crippen LogP contribution < -0.4 is 0 Å². The van der Waals surface area contributed by atoms with Gasteiger partial charge in [0.1, 0.15) is 0 Å². The summed E-state index contributed by atoms with van der Waals surface area (Å²) in [5.41, 5.74) is 5.31. The average molecular weight is 438 g/mol. The molecule has 0 saturated heterocycles. The molecule has 0 spiro atoms. The molecule has 162 valence electrons. The second kappa shape index (κ2) is 8.45. The van der Waals surface area contributed by atoms with Crippen molar-refractivity contribution in [2.45, 2.75) is 6.92 Å². The van der Waals surface area contributed by atoms with Gasteiger partial charge in [-0.05, 0) is 46.7 Å². The fourth-order valence-corrected chi connectivity index (χ4v) is 4.41. The zero-order valence-electron chi connectivity index (χ0n) is 18.9. The summed E-state index contributed by atoms with van der Waals surface area (Å²) >= 11 is 0. The highest BCUT2D eigenvalue weighted by atomic mass is 15.3. The summed E-state index contributed by atoms with van der Waals surface area (Å²) in [4.78, 5) is 4.99. The first-order valence-electron chi connectivity index (χ1n) is 11.4. The maximum Gasteiger partial charge on any atom is 0.156 e. The van der Waals surface area contributed by atoms with Crippen molar-refractivity contribution in [3.05, 3.63) is 126 Å². The van der Waals surface area contributed by atoms with Crippen LogP contribution in [0.25, 0.3) is 38.5 Å². The van der Waals surface area contributed by atoms with E-state index >= 15 is 0 Å². The molecule has 0 aliphatic carbocycles. The Balaban J connectivity index is 1.53. The molecule has 0 atom stereocenters. The number of aliphatic imine (C=N–C) groups is 1. The molecule has 0 radical (unpaired) electrons. The number of hydrogen-bond donors (Lipinski definition) is 0. The molecular formula is C31H23N3. The molecule has 1 heterocycles. The fourth-order valence-electron chi connectivity index (χ4n) is 4.41. The lowest BCUT2D eigenvalue weighted by Crippen LogP contribution is -1.96. The molecule has 6 aromatic rings. The summed E-state index contributed by atoms with van der Waals surface area (Å²) in [5.74, 6) is 0.791. The zero-order chi connectivity index (χ0) is 22.9. The van der Waals surface area contributed by atoms with Gasteiger partial charge in [0.05, 0.1) is 11.4 Å². The van der Waals surface area contributed by atoms with Crippen LogP contribution in [0.2, 0.25) is 0 Å². The highest BCUT2D eigenvalue weighted by molar-refractivity contribution is 6.13. The third kappa shape index (κ3) is 3.67. The molecule has 34 heavy (non-hydrogen) atoms. The van der Waals surface area contributed by atoms with Crippen LogP contribution >= 0.6 is 0 Å². The van der Waals surface area contributed by atoms with Gasteiger partial charge in [-0.3, -0.25) is 0 Å². The summed E-state index contributed by atoms with van der Waals surface area (Å²) < 4.78 is 1.92. The summed E-state index contributed by atoms with van der Waals surface area (Å²) in [7, 11) is 0. The van der Waals surface area contributed by atoms with Crippen molar-refractivity contribution < 1.29 is 0 Å². The molecule has 6 rings (SSSR count). The predicted octanol–water partition coefficient (Wildman–Crippen LogP) is 7.90. The normalized spacial score (nSPS) is 11.6. The number of fused-ring (bicyclic) bond motifs is 2. The predicted molar refractivity (Wildman–Crippen MR) is 142 cm³/mol. The van der Waals surface area contributed by atoms with Crippen molar-refractivity contribution in [2.75, 3.05) is 0 Å². The van der Waals surface area contributed by atoms with Gasteiger partial charge in [0.25, 0.3) is 0 Å². The van der Waals surface area contributed by atoms with E-state index in [0.717, 1.165) is 28.3 Å². The summed E-state index contributed by atoms with van der Waals surface area (Å²) in [5, 5.41) is 9.71. The van der Waals surface area contributed by atoms with E-state index in [1.807, 2.05) is 29.1 Å². The molecule has 0 saturated carbocycles. The van der Waals surface area contributed by atoms with Crippen molar-refractivity contribution in [1.82, 2.24) is 9.78 Å². The zero-order valence-corrected chi connectivity index (χ0v) is 18.9. The van der Waals surface area contributed by atoms with Gasteiger partial charge >= 0.3 is 0 Å². The van der Waals surface area contributed by atoms with E-state index in [-0.39, 0.29) is 0 Å². The van der Waals surface area contributed by atoms with Crippen LogP contribution in [0.15, 0.2) is 120 Å². The highest BCUT2D eigenvalue weighted by Crippen LogP contribution is 2.30. The Bertz CT molecular complexity index is 1590. The van der Waals surface area contributed by atoms with Crippen LogP contribution in [-0.2, 0) is 0 Å². The van der Waals surface area contributed by atoms with E-state index in [1.54, 1.807) is 0 Å². The first-order chi connectivity index (χ1) is 16.8. The monoisotopic (exact) mass is 437 g/mol. The number of para-hydroxylation sites is 1. The lowest BCUT2D eigenvalue weighted by molar-refractivity contribution is 0.885. The van der Waals surface area contributed by atoms with Gasteiger partial charge in [-0.2, -0.15) is 5.10 Å². The lowest BCUT2D eigenvalue weighted by Gasteiger charge is -2.08. The van der Waals surface area contributed by atoms with Crippen molar-refractivity contribution in [3.63, 3.8) is 0 Å². The Morgan fingerprint density at radius 1 is 0.676 bits per heavy atom. The third-order valence-electron chi connectivity index (χ3n) is 6.18. The number of benzene rings is 5. The molecule has 0 unspecified atom stereocenters. The van der Waals surface area contributed by atoms with Crippen LogP contribution in [0.3, 0.4) is 0 Å². The van der Waals surface area contributed by atoms with Gasteiger partial charge in [0.2, 0.25) is 0 Å². The van der Waals surface area contributed by atoms with E-state index in [0.29, 0.717) is 0 Å². The molecule has 1 aromatic heterocycles. The van der Waals surface area contributed by atoms with E-state index in [9.17, 15) is 0 Å². The Hall–Kier alpha value is -4.50. The minimum Gasteiger partial charge on any atom is -0.236 e. The molecule has 0 aliphatic rings. The second-order valence-electron chi connectivity index (χ2n) is 8.49. The van der Waals surface area contributed by atoms with E-state index in [4.69, 9.17) is 10.1 Å². The molecule has 0 amide bonds. The Labute approximate surface area is 198 Å². The van der Waals surface area contributed by atoms with Crippen molar-refractivity contribution >= 4 is 33.6 Å². The Morgan fingerprint density at radius 2 is 1.29 bits per heavy atom. The maximum absolute atomic E-state index is 4.99. The number of aromatic nitrogens is 2. The summed E-state index contributed by atoms with van der Waals surface area (Å²) in [6.45, 7) is 2.09. The first kappa shape index (κ1) is 20.1. The van der Waals surface area contributed by atoms with Crippen molar-refractivity contribution in [2.24, 2.45) is 4.99 Å². The molecule has 0 fully saturated rings. The van der Waals surface area contributed by atoms with Crippen LogP contribution in [0.1, 0.15) is 11.1 Å². The largest absolute Gasteiger partial charge is 0.236 e. The maximum atomic E-state index is 4.99. The highest BCUT2D eigenvalue weighted by Gasteiger charge is 2.11. The van der Waals surface area contributed by atoms with Crippen molar-refractivity contribution in [3.8, 4) is 16.9 Å². The standard InChI is InChI=1S/C31H23N3/c1-22-15-17-23(18-16-22)30-20-31(34(33-30)26-11-3-2-4-12-26)32-21-29-27-13-7-5-9-24(27)19-25-10-6-8-14-28(25)29/h2-21H,1H3. The van der Waals surface area contributed by atoms with Gasteiger partial charge in [0, 0.05) is 23.4 Å². The third-order valence-corrected chi connectivity index (χ3v) is 6.18. The number of rotatable bonds is 4. The van der Waals surface area contributed by atoms with Gasteiger partial charge in [-0.25, -0.2) is 9.67 Å². The number of aryl methyl sites for hydroxylation is 1. The lowest BCUT2D eigenvalue weighted by atomic mass is 9.97. The molecule has 3 nitrogen and oxygen atoms in total. The molecular weight excluding hydrogens is 414 g/mol. The second-order valence-corrected chi connectivity index (χ2v) is 8.49. The Kier molecular flexibility index (Phi) is 5.00. The minimum atomic E-state index is 0.791. The Morgan fingerprint density at radius 3 is 1.97 bits per heavy atom. The SMILES string of the molecule is Cc1ccc(-c2cc(N=Cc3c4ccccc4cc4ccccc34)n(-c3ccccc3)n2)cc1. The minimum absolute atomic E-state index is 0.791. The quantitative estimate of drug-likeness (QED) is 0.204. The van der Waals surface area contributed by atoms with E-state index in [2.05, 4.69) is 104 Å². The smallest absolute Gasteiger partial charge is 0.156 e. The van der Waals surface area contributed by atoms with Gasteiger partial charge in [0.15, 0.2) is 5.82 Å². The summed E-state index contributed by atoms with van der Waals surface area (Å²) in [6.07, 6.45) is 1.99. The fraction of sp³-hybridized carbons (Fsp3) is 0.0323. The number of nitrogens with zero attached hydrogens (tertiary/aromatic N) is 3. The molecule has 3 heteroatoms. The van der Waals surface area contributed by atoms with Crippen LogP contribution in [0.5, 0.6) is 0 Å². The molecule has 0 aliphatic heterocycles. The average Bonchev–Trinajstić information content (AvgIpc) is 3.32. The first-order valence-corrected chi connectivity index (χ1v) is 11.4. The summed E-state index contributed by atoms with van der Waals surface area (Å²) in [6, 6.07) is 39.9. The van der Waals surface area contributed by atoms with Crippen molar-refractivity contribution in [1.29, 1.82) is 0 Å². The van der Waals surface area contributed by atoms with Crippen LogP contribution in [0, 0.1) is 6.92 Å². The van der Waals surface area contributed by atoms with E-state index < -0.39 is 0 Å².